The Kier molecular flexibility index (Phi) is 4.27. The molecule has 21 heavy (non-hydrogen) atoms. The molecule has 1 heterocycles. The number of nitrogens with zero attached hydrogens (tertiary/aromatic N) is 2. The zero-order valence-electron chi connectivity index (χ0n) is 11.2. The highest BCUT2D eigenvalue weighted by Gasteiger charge is 2.17. The van der Waals surface area contributed by atoms with Crippen molar-refractivity contribution in [1.82, 2.24) is 10.2 Å². The van der Waals surface area contributed by atoms with Gasteiger partial charge < -0.3 is 5.32 Å². The van der Waals surface area contributed by atoms with E-state index in [0.29, 0.717) is 5.82 Å². The molecule has 2 N–H and O–H groups in total. The average Bonchev–Trinajstić information content (AvgIpc) is 2.86. The summed E-state index contributed by atoms with van der Waals surface area (Å²) in [5, 5.41) is 19.7. The normalized spacial score (nSPS) is 10.4. The van der Waals surface area contributed by atoms with Gasteiger partial charge in [0.25, 0.3) is 5.91 Å². The van der Waals surface area contributed by atoms with E-state index in [1.54, 1.807) is 6.07 Å². The predicted molar refractivity (Wildman–Crippen MR) is 73.6 cm³/mol. The number of amides is 1. The van der Waals surface area contributed by atoms with Crippen molar-refractivity contribution in [3.8, 4) is 0 Å². The number of halogens is 1. The zero-order valence-corrected chi connectivity index (χ0v) is 11.2. The summed E-state index contributed by atoms with van der Waals surface area (Å²) < 4.78 is 13.5. The number of carbonyl (C=O) groups is 1. The van der Waals surface area contributed by atoms with Crippen LogP contribution >= 0.6 is 0 Å². The molecule has 0 bridgehead atoms. The molecule has 1 aromatic carbocycles. The van der Waals surface area contributed by atoms with Crippen molar-refractivity contribution in [3.05, 3.63) is 51.5 Å². The quantitative estimate of drug-likeness (QED) is 0.653. The molecule has 0 spiro atoms. The van der Waals surface area contributed by atoms with E-state index >= 15 is 0 Å². The number of H-pyrrole nitrogens is 1. The highest BCUT2D eigenvalue weighted by atomic mass is 19.1. The minimum atomic E-state index is -1.05. The van der Waals surface area contributed by atoms with Crippen molar-refractivity contribution < 1.29 is 14.1 Å². The largest absolute Gasteiger partial charge is 0.305 e. The molecule has 0 aliphatic carbocycles. The predicted octanol–water partition coefficient (Wildman–Crippen LogP) is 2.66. The molecule has 2 aromatic rings. The van der Waals surface area contributed by atoms with Crippen molar-refractivity contribution >= 4 is 17.4 Å². The number of anilines is 1. The van der Waals surface area contributed by atoms with Gasteiger partial charge in [-0.05, 0) is 18.6 Å². The minimum Gasteiger partial charge on any atom is -0.305 e. The Labute approximate surface area is 119 Å². The number of nitrogens with one attached hydrogen (secondary N) is 2. The first-order valence-electron chi connectivity index (χ1n) is 6.31. The fourth-order valence-corrected chi connectivity index (χ4v) is 1.81. The summed E-state index contributed by atoms with van der Waals surface area (Å²) in [7, 11) is 0. The van der Waals surface area contributed by atoms with Crippen LogP contribution in [0.4, 0.5) is 15.9 Å². The lowest BCUT2D eigenvalue weighted by Crippen LogP contribution is -2.12. The maximum Gasteiger partial charge on any atom is 0.304 e. The van der Waals surface area contributed by atoms with Crippen LogP contribution < -0.4 is 5.32 Å². The molecule has 110 valence electrons. The third kappa shape index (κ3) is 3.41. The number of nitro benzene ring substituents is 1. The van der Waals surface area contributed by atoms with E-state index in [1.165, 1.54) is 6.07 Å². The van der Waals surface area contributed by atoms with Crippen molar-refractivity contribution in [3.63, 3.8) is 0 Å². The number of aromatic nitrogens is 2. The third-order valence-electron chi connectivity index (χ3n) is 2.80. The molecule has 0 atom stereocenters. The summed E-state index contributed by atoms with van der Waals surface area (Å²) in [6, 6.07) is 4.66. The number of hydrogen-bond donors (Lipinski definition) is 2. The van der Waals surface area contributed by atoms with Crippen molar-refractivity contribution in [2.24, 2.45) is 0 Å². The molecule has 1 amide bonds. The molecule has 0 unspecified atom stereocenters. The van der Waals surface area contributed by atoms with E-state index in [1.807, 2.05) is 6.92 Å². The second kappa shape index (κ2) is 6.12. The molecule has 0 saturated heterocycles. The molecule has 0 aliphatic rings. The van der Waals surface area contributed by atoms with Crippen LogP contribution in [0.15, 0.2) is 24.3 Å². The van der Waals surface area contributed by atoms with Crippen molar-refractivity contribution in [2.45, 2.75) is 19.8 Å². The van der Waals surface area contributed by atoms with Gasteiger partial charge in [0.15, 0.2) is 5.82 Å². The van der Waals surface area contributed by atoms with Crippen LogP contribution in [0.5, 0.6) is 0 Å². The first-order chi connectivity index (χ1) is 10.0. The van der Waals surface area contributed by atoms with Gasteiger partial charge in [-0.2, -0.15) is 9.49 Å². The fourth-order valence-electron chi connectivity index (χ4n) is 1.81. The molecule has 1 aromatic heterocycles. The van der Waals surface area contributed by atoms with Gasteiger partial charge in [0.1, 0.15) is 0 Å². The standard InChI is InChI=1S/C13H13FN4O3/c1-2-3-9-7-12(17-16-9)15-13(19)8-4-5-11(18(20)21)10(14)6-8/h4-7H,2-3H2,1H3,(H2,15,16,17,19). The Morgan fingerprint density at radius 1 is 1.48 bits per heavy atom. The molecule has 7 nitrogen and oxygen atoms in total. The SMILES string of the molecule is CCCc1cc(NC(=O)c2ccc([N+](=O)[O-])c(F)c2)n[nH]1. The van der Waals surface area contributed by atoms with Crippen molar-refractivity contribution in [2.75, 3.05) is 5.32 Å². The van der Waals surface area contributed by atoms with Gasteiger partial charge in [-0.15, -0.1) is 0 Å². The third-order valence-corrected chi connectivity index (χ3v) is 2.80. The first kappa shape index (κ1) is 14.6. The number of aryl methyl sites for hydroxylation is 1. The summed E-state index contributed by atoms with van der Waals surface area (Å²) in [6.07, 6.45) is 1.73. The van der Waals surface area contributed by atoms with Crippen LogP contribution in [0.2, 0.25) is 0 Å². The average molecular weight is 292 g/mol. The smallest absolute Gasteiger partial charge is 0.304 e. The van der Waals surface area contributed by atoms with E-state index in [0.717, 1.165) is 30.7 Å². The van der Waals surface area contributed by atoms with Gasteiger partial charge in [0.2, 0.25) is 5.82 Å². The summed E-state index contributed by atoms with van der Waals surface area (Å²) in [6.45, 7) is 2.01. The fraction of sp³-hybridized carbons (Fsp3) is 0.231. The maximum atomic E-state index is 13.5. The Hall–Kier alpha value is -2.77. The second-order valence-corrected chi connectivity index (χ2v) is 4.41. The number of nitro groups is 1. The lowest BCUT2D eigenvalue weighted by molar-refractivity contribution is -0.387. The summed E-state index contributed by atoms with van der Waals surface area (Å²) in [5.74, 6) is -1.32. The second-order valence-electron chi connectivity index (χ2n) is 4.41. The molecule has 0 fully saturated rings. The molecule has 2 rings (SSSR count). The Morgan fingerprint density at radius 3 is 2.86 bits per heavy atom. The van der Waals surface area contributed by atoms with E-state index in [9.17, 15) is 19.3 Å². The highest BCUT2D eigenvalue weighted by molar-refractivity contribution is 6.03. The van der Waals surface area contributed by atoms with Crippen molar-refractivity contribution in [1.29, 1.82) is 0 Å². The Morgan fingerprint density at radius 2 is 2.24 bits per heavy atom. The first-order valence-corrected chi connectivity index (χ1v) is 6.31. The molecule has 8 heteroatoms. The monoisotopic (exact) mass is 292 g/mol. The Balaban J connectivity index is 2.12. The molecular formula is C13H13FN4O3. The van der Waals surface area contributed by atoms with Crippen LogP contribution in [0.25, 0.3) is 0 Å². The minimum absolute atomic E-state index is 0.0156. The number of hydrogen-bond acceptors (Lipinski definition) is 4. The molecule has 0 aliphatic heterocycles. The van der Waals surface area contributed by atoms with Gasteiger partial charge in [-0.3, -0.25) is 20.0 Å². The number of aromatic amines is 1. The zero-order chi connectivity index (χ0) is 15.4. The van der Waals surface area contributed by atoms with Gasteiger partial charge in [0.05, 0.1) is 4.92 Å². The summed E-state index contributed by atoms with van der Waals surface area (Å²) >= 11 is 0. The van der Waals surface area contributed by atoms with E-state index in [2.05, 4.69) is 15.5 Å². The topological polar surface area (TPSA) is 101 Å². The van der Waals surface area contributed by atoms with Crippen LogP contribution in [-0.4, -0.2) is 21.0 Å². The number of carbonyl (C=O) groups excluding carboxylic acids is 1. The van der Waals surface area contributed by atoms with E-state index in [4.69, 9.17) is 0 Å². The van der Waals surface area contributed by atoms with Gasteiger partial charge in [0, 0.05) is 23.4 Å². The molecule has 0 radical (unpaired) electrons. The summed E-state index contributed by atoms with van der Waals surface area (Å²) in [5.41, 5.74) is 0.192. The lowest BCUT2D eigenvalue weighted by atomic mass is 10.2. The number of benzene rings is 1. The van der Waals surface area contributed by atoms with Gasteiger partial charge >= 0.3 is 5.69 Å². The highest BCUT2D eigenvalue weighted by Crippen LogP contribution is 2.18. The molecular weight excluding hydrogens is 279 g/mol. The Bertz CT molecular complexity index is 684. The maximum absolute atomic E-state index is 13.5. The van der Waals surface area contributed by atoms with Crippen LogP contribution in [-0.2, 0) is 6.42 Å². The van der Waals surface area contributed by atoms with E-state index in [-0.39, 0.29) is 5.56 Å². The van der Waals surface area contributed by atoms with E-state index < -0.39 is 22.3 Å². The van der Waals surface area contributed by atoms with Gasteiger partial charge in [-0.1, -0.05) is 13.3 Å². The van der Waals surface area contributed by atoms with Crippen LogP contribution in [0, 0.1) is 15.9 Å². The lowest BCUT2D eigenvalue weighted by Gasteiger charge is -2.02. The summed E-state index contributed by atoms with van der Waals surface area (Å²) in [4.78, 5) is 21.6. The number of rotatable bonds is 5. The van der Waals surface area contributed by atoms with Gasteiger partial charge in [-0.25, -0.2) is 0 Å². The van der Waals surface area contributed by atoms with Crippen LogP contribution in [0.3, 0.4) is 0 Å². The van der Waals surface area contributed by atoms with Crippen LogP contribution in [0.1, 0.15) is 29.4 Å². The molecule has 0 saturated carbocycles.